The molecular formula is C24H40ClN6O7P. The lowest BCUT2D eigenvalue weighted by Gasteiger charge is -2.17. The number of rotatable bonds is 16. The number of anilines is 1. The van der Waals surface area contributed by atoms with Crippen molar-refractivity contribution in [3.63, 3.8) is 0 Å². The molecule has 2 unspecified atom stereocenters. The van der Waals surface area contributed by atoms with Crippen molar-refractivity contribution in [2.75, 3.05) is 18.0 Å². The van der Waals surface area contributed by atoms with Crippen LogP contribution < -0.4 is 10.6 Å². The van der Waals surface area contributed by atoms with Crippen LogP contribution in [0.1, 0.15) is 83.8 Å². The number of aromatic nitrogens is 4. The number of amides is 2. The number of unbranched alkanes of at least 4 members (excludes halogenated alkanes) is 9. The Morgan fingerprint density at radius 1 is 1.05 bits per heavy atom. The molecule has 1 aliphatic heterocycles. The van der Waals surface area contributed by atoms with Gasteiger partial charge in [0.25, 0.3) is 0 Å². The van der Waals surface area contributed by atoms with Gasteiger partial charge in [0.15, 0.2) is 23.2 Å². The van der Waals surface area contributed by atoms with Crippen molar-refractivity contribution in [3.8, 4) is 0 Å². The maximum atomic E-state index is 12.5. The summed E-state index contributed by atoms with van der Waals surface area (Å²) in [6, 6.07) is -0.471. The molecule has 0 bridgehead atoms. The molecular weight excluding hydrogens is 551 g/mol. The number of carbonyl (C=O) groups excluding carboxylic acids is 1. The van der Waals surface area contributed by atoms with Gasteiger partial charge in [0, 0.05) is 6.54 Å². The minimum absolute atomic E-state index is 0.0652. The van der Waals surface area contributed by atoms with Gasteiger partial charge < -0.3 is 30.1 Å². The van der Waals surface area contributed by atoms with Crippen molar-refractivity contribution in [1.29, 1.82) is 0 Å². The molecule has 220 valence electrons. The molecule has 1 fully saturated rings. The van der Waals surface area contributed by atoms with Crippen LogP contribution in [0.25, 0.3) is 11.2 Å². The summed E-state index contributed by atoms with van der Waals surface area (Å²) in [6.45, 7) is 2.73. The van der Waals surface area contributed by atoms with Gasteiger partial charge in [0.2, 0.25) is 5.28 Å². The molecule has 2 aromatic rings. The van der Waals surface area contributed by atoms with E-state index in [0.29, 0.717) is 6.54 Å². The minimum atomic E-state index is -4.31. The zero-order chi connectivity index (χ0) is 28.4. The molecule has 4 atom stereocenters. The van der Waals surface area contributed by atoms with E-state index in [2.05, 4.69) is 32.5 Å². The Morgan fingerprint density at radius 2 is 1.69 bits per heavy atom. The zero-order valence-electron chi connectivity index (χ0n) is 22.2. The first kappa shape index (κ1) is 31.7. The number of ether oxygens (including phenoxy) is 1. The van der Waals surface area contributed by atoms with Gasteiger partial charge in [-0.3, -0.25) is 14.4 Å². The Hall–Kier alpha value is -1.86. The molecule has 2 amide bonds. The molecule has 2 aromatic heterocycles. The summed E-state index contributed by atoms with van der Waals surface area (Å²) < 4.78 is 18.2. The monoisotopic (exact) mass is 590 g/mol. The average Bonchev–Trinajstić information content (AvgIpc) is 3.41. The highest BCUT2D eigenvalue weighted by atomic mass is 35.5. The van der Waals surface area contributed by atoms with Crippen LogP contribution in [-0.4, -0.2) is 76.6 Å². The SMILES string of the molecule is CCCCCCCCCCCCNC(=O)Nc1nc(Cl)nc2c1ncn2[C@@H]1O[C@H](CCP(=O)(O)O)C(O)C1O. The molecule has 6 N–H and O–H groups in total. The number of fused-ring (bicyclic) bond motifs is 1. The minimum Gasteiger partial charge on any atom is -0.388 e. The van der Waals surface area contributed by atoms with E-state index in [4.69, 9.17) is 26.1 Å². The van der Waals surface area contributed by atoms with Crippen molar-refractivity contribution in [2.24, 2.45) is 0 Å². The molecule has 0 saturated carbocycles. The Balaban J connectivity index is 1.51. The number of aliphatic hydroxyl groups excluding tert-OH is 2. The second-order valence-electron chi connectivity index (χ2n) is 9.95. The van der Waals surface area contributed by atoms with Crippen LogP contribution in [0.4, 0.5) is 10.6 Å². The number of aliphatic hydroxyl groups is 2. The highest BCUT2D eigenvalue weighted by molar-refractivity contribution is 7.51. The Kier molecular flexibility index (Phi) is 12.4. The van der Waals surface area contributed by atoms with Gasteiger partial charge >= 0.3 is 13.6 Å². The van der Waals surface area contributed by atoms with E-state index in [1.165, 1.54) is 55.8 Å². The lowest BCUT2D eigenvalue weighted by atomic mass is 10.1. The average molecular weight is 591 g/mol. The highest BCUT2D eigenvalue weighted by Crippen LogP contribution is 2.39. The van der Waals surface area contributed by atoms with Crippen LogP contribution >= 0.6 is 19.2 Å². The quantitative estimate of drug-likeness (QED) is 0.0953. The third-order valence-electron chi connectivity index (χ3n) is 6.76. The summed E-state index contributed by atoms with van der Waals surface area (Å²) in [5.41, 5.74) is 0.337. The lowest BCUT2D eigenvalue weighted by molar-refractivity contribution is -0.0355. The van der Waals surface area contributed by atoms with Gasteiger partial charge in [-0.15, -0.1) is 0 Å². The maximum Gasteiger partial charge on any atom is 0.325 e. The molecule has 0 aromatic carbocycles. The summed E-state index contributed by atoms with van der Waals surface area (Å²) in [6.07, 6.45) is 7.67. The number of halogens is 1. The van der Waals surface area contributed by atoms with E-state index in [-0.39, 0.29) is 28.7 Å². The van der Waals surface area contributed by atoms with Gasteiger partial charge in [0.05, 0.1) is 18.6 Å². The summed E-state index contributed by atoms with van der Waals surface area (Å²) in [5, 5.41) is 26.1. The van der Waals surface area contributed by atoms with Gasteiger partial charge in [-0.05, 0) is 24.4 Å². The first-order chi connectivity index (χ1) is 18.6. The topological polar surface area (TPSA) is 192 Å². The number of nitrogens with zero attached hydrogens (tertiary/aromatic N) is 4. The normalized spacial score (nSPS) is 21.5. The summed E-state index contributed by atoms with van der Waals surface area (Å²) in [4.78, 5) is 43.1. The predicted molar refractivity (Wildman–Crippen MR) is 147 cm³/mol. The largest absolute Gasteiger partial charge is 0.388 e. The highest BCUT2D eigenvalue weighted by Gasteiger charge is 2.44. The van der Waals surface area contributed by atoms with Crippen LogP contribution in [0, 0.1) is 0 Å². The van der Waals surface area contributed by atoms with Crippen molar-refractivity contribution in [3.05, 3.63) is 11.6 Å². The second kappa shape index (κ2) is 15.2. The van der Waals surface area contributed by atoms with E-state index < -0.39 is 44.3 Å². The fourth-order valence-corrected chi connectivity index (χ4v) is 5.38. The number of imidazole rings is 1. The summed E-state index contributed by atoms with van der Waals surface area (Å²) in [7, 11) is -4.31. The molecule has 13 nitrogen and oxygen atoms in total. The molecule has 1 saturated heterocycles. The Morgan fingerprint density at radius 3 is 2.33 bits per heavy atom. The third-order valence-corrected chi connectivity index (χ3v) is 7.77. The standard InChI is InChI=1S/C24H40ClN6O7P/c1-2-3-4-5-6-7-8-9-10-11-13-26-24(34)29-20-17-21(30-23(25)28-20)31(15-27-17)22-19(33)18(32)16(38-22)12-14-39(35,36)37/h15-16,18-19,22,32-33H,2-14H2,1H3,(H2,35,36,37)(H2,26,28,29,30,34)/t16-,18?,19?,22-/m1/s1. The lowest BCUT2D eigenvalue weighted by Crippen LogP contribution is -2.32. The maximum absolute atomic E-state index is 12.5. The van der Waals surface area contributed by atoms with E-state index in [1.807, 2.05) is 0 Å². The molecule has 3 heterocycles. The number of hydrogen-bond donors (Lipinski definition) is 6. The van der Waals surface area contributed by atoms with E-state index >= 15 is 0 Å². The van der Waals surface area contributed by atoms with E-state index in [1.54, 1.807) is 0 Å². The van der Waals surface area contributed by atoms with Crippen molar-refractivity contribution < 1.29 is 34.1 Å². The summed E-state index contributed by atoms with van der Waals surface area (Å²) in [5.74, 6) is 0.0652. The van der Waals surface area contributed by atoms with Gasteiger partial charge in [0.1, 0.15) is 12.2 Å². The number of urea groups is 1. The number of hydrogen-bond acceptors (Lipinski definition) is 8. The number of nitrogens with one attached hydrogen (secondary N) is 2. The molecule has 0 spiro atoms. The van der Waals surface area contributed by atoms with Crippen LogP contribution in [-0.2, 0) is 9.30 Å². The fraction of sp³-hybridized carbons (Fsp3) is 0.750. The third kappa shape index (κ3) is 9.63. The molecule has 3 rings (SSSR count). The van der Waals surface area contributed by atoms with Crippen LogP contribution in [0.5, 0.6) is 0 Å². The molecule has 39 heavy (non-hydrogen) atoms. The van der Waals surface area contributed by atoms with Crippen molar-refractivity contribution >= 4 is 42.2 Å². The Bertz CT molecular complexity index is 1120. The molecule has 1 aliphatic rings. The molecule has 15 heteroatoms. The first-order valence-electron chi connectivity index (χ1n) is 13.6. The van der Waals surface area contributed by atoms with Gasteiger partial charge in [-0.2, -0.15) is 9.97 Å². The predicted octanol–water partition coefficient (Wildman–Crippen LogP) is 3.71. The smallest absolute Gasteiger partial charge is 0.325 e. The number of carbonyl (C=O) groups is 1. The zero-order valence-corrected chi connectivity index (χ0v) is 23.9. The van der Waals surface area contributed by atoms with E-state index in [0.717, 1.165) is 19.3 Å². The van der Waals surface area contributed by atoms with Gasteiger partial charge in [-0.1, -0.05) is 64.7 Å². The fourth-order valence-electron chi connectivity index (χ4n) is 4.62. The Labute approximate surface area is 232 Å². The van der Waals surface area contributed by atoms with Crippen molar-refractivity contribution in [2.45, 2.75) is 102 Å². The van der Waals surface area contributed by atoms with Crippen molar-refractivity contribution in [1.82, 2.24) is 24.8 Å². The first-order valence-corrected chi connectivity index (χ1v) is 15.8. The van der Waals surface area contributed by atoms with Crippen LogP contribution in [0.3, 0.4) is 0 Å². The van der Waals surface area contributed by atoms with Crippen LogP contribution in [0.15, 0.2) is 6.33 Å². The molecule has 0 aliphatic carbocycles. The van der Waals surface area contributed by atoms with Gasteiger partial charge in [-0.25, -0.2) is 9.78 Å². The second-order valence-corrected chi connectivity index (χ2v) is 12.1. The summed E-state index contributed by atoms with van der Waals surface area (Å²) >= 11 is 6.08. The molecule has 0 radical (unpaired) electrons. The van der Waals surface area contributed by atoms with E-state index in [9.17, 15) is 19.6 Å². The van der Waals surface area contributed by atoms with Crippen LogP contribution in [0.2, 0.25) is 5.28 Å².